The standard InChI is InChI=1S/C14H18ClIN2/c1-14(2,10-17)7-3-4-8-18-13-6-5-11(16)9-12(13)15/h5-6,9,18H,3-4,7-8H2,1-2H3. The van der Waals surface area contributed by atoms with Crippen LogP contribution in [0, 0.1) is 20.3 Å². The van der Waals surface area contributed by atoms with E-state index in [1.807, 2.05) is 32.0 Å². The SMILES string of the molecule is CC(C)(C#N)CCCCNc1ccc(I)cc1Cl. The van der Waals surface area contributed by atoms with Gasteiger partial charge in [0.1, 0.15) is 0 Å². The van der Waals surface area contributed by atoms with Crippen molar-refractivity contribution >= 4 is 39.9 Å². The summed E-state index contributed by atoms with van der Waals surface area (Å²) in [6, 6.07) is 8.31. The highest BCUT2D eigenvalue weighted by Gasteiger charge is 2.15. The van der Waals surface area contributed by atoms with Gasteiger partial charge in [-0.1, -0.05) is 18.0 Å². The molecule has 1 aromatic rings. The fraction of sp³-hybridized carbons (Fsp3) is 0.500. The summed E-state index contributed by atoms with van der Waals surface area (Å²) < 4.78 is 1.14. The Morgan fingerprint density at radius 2 is 2.11 bits per heavy atom. The first kappa shape index (κ1) is 15.6. The van der Waals surface area contributed by atoms with Crippen LogP contribution in [0.3, 0.4) is 0 Å². The van der Waals surface area contributed by atoms with Gasteiger partial charge >= 0.3 is 0 Å². The van der Waals surface area contributed by atoms with Crippen LogP contribution in [0.25, 0.3) is 0 Å². The maximum atomic E-state index is 8.91. The van der Waals surface area contributed by atoms with Crippen molar-refractivity contribution in [1.29, 1.82) is 5.26 Å². The van der Waals surface area contributed by atoms with Crippen LogP contribution in [-0.4, -0.2) is 6.54 Å². The average Bonchev–Trinajstić information content (AvgIpc) is 2.31. The van der Waals surface area contributed by atoms with E-state index in [0.717, 1.165) is 40.1 Å². The van der Waals surface area contributed by atoms with Crippen molar-refractivity contribution in [3.05, 3.63) is 26.8 Å². The van der Waals surface area contributed by atoms with E-state index in [1.165, 1.54) is 0 Å². The van der Waals surface area contributed by atoms with Gasteiger partial charge in [-0.05, 0) is 67.5 Å². The summed E-state index contributed by atoms with van der Waals surface area (Å²) in [5, 5.41) is 13.0. The van der Waals surface area contributed by atoms with Crippen LogP contribution < -0.4 is 5.32 Å². The van der Waals surface area contributed by atoms with Crippen LogP contribution in [0.5, 0.6) is 0 Å². The van der Waals surface area contributed by atoms with E-state index < -0.39 is 0 Å². The van der Waals surface area contributed by atoms with Gasteiger partial charge in [0.25, 0.3) is 0 Å². The Labute approximate surface area is 128 Å². The van der Waals surface area contributed by atoms with Gasteiger partial charge < -0.3 is 5.32 Å². The molecule has 1 rings (SSSR count). The average molecular weight is 377 g/mol. The van der Waals surface area contributed by atoms with Crippen LogP contribution in [0.4, 0.5) is 5.69 Å². The summed E-state index contributed by atoms with van der Waals surface area (Å²) in [6.45, 7) is 4.86. The molecular formula is C14H18ClIN2. The maximum absolute atomic E-state index is 8.91. The quantitative estimate of drug-likeness (QED) is 0.555. The number of benzene rings is 1. The minimum Gasteiger partial charge on any atom is -0.384 e. The second-order valence-corrected chi connectivity index (χ2v) is 6.66. The molecule has 0 fully saturated rings. The monoisotopic (exact) mass is 376 g/mol. The Morgan fingerprint density at radius 1 is 1.39 bits per heavy atom. The molecule has 0 aliphatic carbocycles. The number of unbranched alkanes of at least 4 members (excludes halogenated alkanes) is 1. The van der Waals surface area contributed by atoms with E-state index in [-0.39, 0.29) is 5.41 Å². The van der Waals surface area contributed by atoms with E-state index in [2.05, 4.69) is 34.0 Å². The van der Waals surface area contributed by atoms with E-state index in [9.17, 15) is 0 Å². The van der Waals surface area contributed by atoms with Gasteiger partial charge in [-0.15, -0.1) is 0 Å². The highest BCUT2D eigenvalue weighted by molar-refractivity contribution is 14.1. The number of hydrogen-bond acceptors (Lipinski definition) is 2. The lowest BCUT2D eigenvalue weighted by molar-refractivity contribution is 0.430. The predicted molar refractivity (Wildman–Crippen MR) is 85.9 cm³/mol. The first-order chi connectivity index (χ1) is 8.44. The molecule has 98 valence electrons. The lowest BCUT2D eigenvalue weighted by Crippen LogP contribution is -2.09. The summed E-state index contributed by atoms with van der Waals surface area (Å²) in [7, 11) is 0. The van der Waals surface area contributed by atoms with Crippen molar-refractivity contribution < 1.29 is 0 Å². The first-order valence-electron chi connectivity index (χ1n) is 6.05. The number of halogens is 2. The molecule has 1 aromatic carbocycles. The van der Waals surface area contributed by atoms with E-state index in [1.54, 1.807) is 0 Å². The molecule has 0 radical (unpaired) electrons. The summed E-state index contributed by atoms with van der Waals surface area (Å²) in [4.78, 5) is 0. The molecular weight excluding hydrogens is 359 g/mol. The van der Waals surface area contributed by atoms with Crippen LogP contribution in [0.1, 0.15) is 33.1 Å². The molecule has 18 heavy (non-hydrogen) atoms. The third-order valence-electron chi connectivity index (χ3n) is 2.78. The summed E-state index contributed by atoms with van der Waals surface area (Å²) in [6.07, 6.45) is 3.04. The molecule has 0 aliphatic rings. The van der Waals surface area contributed by atoms with Gasteiger partial charge in [-0.2, -0.15) is 5.26 Å². The van der Waals surface area contributed by atoms with E-state index in [0.29, 0.717) is 0 Å². The number of nitrogens with one attached hydrogen (secondary N) is 1. The fourth-order valence-electron chi connectivity index (χ4n) is 1.60. The molecule has 0 spiro atoms. The number of nitrogens with zero attached hydrogens (tertiary/aromatic N) is 1. The third-order valence-corrected chi connectivity index (χ3v) is 3.76. The Balaban J connectivity index is 2.29. The van der Waals surface area contributed by atoms with Crippen molar-refractivity contribution in [2.75, 3.05) is 11.9 Å². The lowest BCUT2D eigenvalue weighted by atomic mass is 9.89. The molecule has 0 amide bonds. The van der Waals surface area contributed by atoms with Gasteiger partial charge in [0, 0.05) is 10.1 Å². The summed E-state index contributed by atoms with van der Waals surface area (Å²) >= 11 is 8.37. The van der Waals surface area contributed by atoms with Crippen molar-refractivity contribution in [3.8, 4) is 6.07 Å². The Kier molecular flexibility index (Phi) is 6.24. The van der Waals surface area contributed by atoms with E-state index in [4.69, 9.17) is 16.9 Å². The van der Waals surface area contributed by atoms with Gasteiger partial charge in [-0.25, -0.2) is 0 Å². The van der Waals surface area contributed by atoms with Crippen LogP contribution in [-0.2, 0) is 0 Å². The normalized spacial score (nSPS) is 11.1. The summed E-state index contributed by atoms with van der Waals surface area (Å²) in [5.41, 5.74) is 0.775. The largest absolute Gasteiger partial charge is 0.384 e. The van der Waals surface area contributed by atoms with Crippen LogP contribution >= 0.6 is 34.2 Å². The lowest BCUT2D eigenvalue weighted by Gasteiger charge is -2.14. The molecule has 2 nitrogen and oxygen atoms in total. The molecule has 0 aliphatic heterocycles. The summed E-state index contributed by atoms with van der Waals surface area (Å²) in [5.74, 6) is 0. The molecule has 0 unspecified atom stereocenters. The zero-order valence-corrected chi connectivity index (χ0v) is 13.7. The second kappa shape index (κ2) is 7.20. The molecule has 0 saturated heterocycles. The van der Waals surface area contributed by atoms with Gasteiger partial charge in [-0.3, -0.25) is 0 Å². The molecule has 0 atom stereocenters. The Hall–Kier alpha value is -0.470. The smallest absolute Gasteiger partial charge is 0.0683 e. The highest BCUT2D eigenvalue weighted by Crippen LogP contribution is 2.24. The minimum atomic E-state index is -0.208. The molecule has 0 heterocycles. The maximum Gasteiger partial charge on any atom is 0.0683 e. The van der Waals surface area contributed by atoms with Gasteiger partial charge in [0.05, 0.1) is 22.2 Å². The zero-order valence-electron chi connectivity index (χ0n) is 10.8. The number of anilines is 1. The van der Waals surface area contributed by atoms with Crippen molar-refractivity contribution in [1.82, 2.24) is 0 Å². The Morgan fingerprint density at radius 3 is 2.72 bits per heavy atom. The van der Waals surface area contributed by atoms with Crippen molar-refractivity contribution in [2.24, 2.45) is 5.41 Å². The highest BCUT2D eigenvalue weighted by atomic mass is 127. The predicted octanol–water partition coefficient (Wildman–Crippen LogP) is 5.08. The molecule has 0 aromatic heterocycles. The minimum absolute atomic E-state index is 0.208. The molecule has 1 N–H and O–H groups in total. The molecule has 0 saturated carbocycles. The zero-order chi connectivity index (χ0) is 13.6. The molecule has 0 bridgehead atoms. The Bertz CT molecular complexity index is 438. The van der Waals surface area contributed by atoms with Gasteiger partial charge in [0.15, 0.2) is 0 Å². The fourth-order valence-corrected chi connectivity index (χ4v) is 2.53. The van der Waals surface area contributed by atoms with Crippen molar-refractivity contribution in [3.63, 3.8) is 0 Å². The van der Waals surface area contributed by atoms with Crippen molar-refractivity contribution in [2.45, 2.75) is 33.1 Å². The van der Waals surface area contributed by atoms with Gasteiger partial charge in [0.2, 0.25) is 0 Å². The van der Waals surface area contributed by atoms with Crippen LogP contribution in [0.2, 0.25) is 5.02 Å². The van der Waals surface area contributed by atoms with Crippen LogP contribution in [0.15, 0.2) is 18.2 Å². The first-order valence-corrected chi connectivity index (χ1v) is 7.50. The third kappa shape index (κ3) is 5.45. The number of nitriles is 1. The number of hydrogen-bond donors (Lipinski definition) is 1. The number of rotatable bonds is 6. The topological polar surface area (TPSA) is 35.8 Å². The van der Waals surface area contributed by atoms with E-state index >= 15 is 0 Å². The molecule has 4 heteroatoms. The second-order valence-electron chi connectivity index (χ2n) is 5.00.